The molecule has 5 unspecified atom stereocenters. The van der Waals surface area contributed by atoms with Gasteiger partial charge in [0.2, 0.25) is 0 Å². The zero-order chi connectivity index (χ0) is 26.0. The Morgan fingerprint density at radius 3 is 2.36 bits per heavy atom. The summed E-state index contributed by atoms with van der Waals surface area (Å²) in [6, 6.07) is -0.632. The predicted molar refractivity (Wildman–Crippen MR) is 132 cm³/mol. The molecule has 2 aliphatic heterocycles. The molecule has 0 spiro atoms. The standard InChI is InChI=1S/C28H45NO7/c1-15-19(7-11-27(4)20(8-12-28(15,27)33)17-13-21(30)34-14-17)26(3)9-5-18(6-10-26)36-25-24(32)23(31)22(29)16(2)35-25/h13,15-16,18-20,22-25,31-33H,5-12,14,29H2,1-4H3/t15-,16?,18?,19?,20-,22?,23+,24+,25?,26?,27?,28+/m1/s1. The average molecular weight is 508 g/mol. The van der Waals surface area contributed by atoms with Crippen LogP contribution in [0.4, 0.5) is 0 Å². The van der Waals surface area contributed by atoms with Crippen molar-refractivity contribution < 1.29 is 34.3 Å². The molecule has 1 saturated heterocycles. The lowest BCUT2D eigenvalue weighted by atomic mass is 9.49. The largest absolute Gasteiger partial charge is 0.458 e. The molecule has 204 valence electrons. The van der Waals surface area contributed by atoms with E-state index < -0.39 is 30.1 Å². The van der Waals surface area contributed by atoms with Gasteiger partial charge in [-0.25, -0.2) is 4.79 Å². The number of nitrogens with two attached hydrogens (primary N) is 1. The van der Waals surface area contributed by atoms with Crippen LogP contribution in [0.25, 0.3) is 0 Å². The summed E-state index contributed by atoms with van der Waals surface area (Å²) in [6.07, 6.45) is 5.49. The second-order valence-electron chi connectivity index (χ2n) is 13.0. The second kappa shape index (κ2) is 9.31. The molecule has 8 nitrogen and oxygen atoms in total. The Morgan fingerprint density at radius 2 is 1.72 bits per heavy atom. The normalized spacial score (nSPS) is 53.6. The van der Waals surface area contributed by atoms with E-state index in [1.807, 2.05) is 0 Å². The van der Waals surface area contributed by atoms with Gasteiger partial charge in [0.1, 0.15) is 18.8 Å². The van der Waals surface area contributed by atoms with Crippen molar-refractivity contribution in [1.29, 1.82) is 0 Å². The van der Waals surface area contributed by atoms with Crippen LogP contribution in [0.3, 0.4) is 0 Å². The second-order valence-corrected chi connectivity index (χ2v) is 13.0. The fourth-order valence-corrected chi connectivity index (χ4v) is 8.69. The number of hydrogen-bond donors (Lipinski definition) is 4. The van der Waals surface area contributed by atoms with Crippen LogP contribution >= 0.6 is 0 Å². The quantitative estimate of drug-likeness (QED) is 0.427. The van der Waals surface area contributed by atoms with Gasteiger partial charge in [0, 0.05) is 11.5 Å². The fraction of sp³-hybridized carbons (Fsp3) is 0.893. The minimum Gasteiger partial charge on any atom is -0.458 e. The molecule has 0 aromatic carbocycles. The van der Waals surface area contributed by atoms with Gasteiger partial charge < -0.3 is 35.3 Å². The van der Waals surface area contributed by atoms with Crippen molar-refractivity contribution in [3.8, 4) is 0 Å². The highest BCUT2D eigenvalue weighted by molar-refractivity contribution is 5.85. The SMILES string of the molecule is CC1OC(OC2CCC(C)(C3CCC4(C)[C@@H](C5=CC(=O)OC5)CC[C@]4(O)[C@@H]3C)CC2)[C@@H](O)[C@@H](O)C1N. The summed E-state index contributed by atoms with van der Waals surface area (Å²) in [5.41, 5.74) is 6.07. The topological polar surface area (TPSA) is 131 Å². The van der Waals surface area contributed by atoms with Crippen molar-refractivity contribution in [3.63, 3.8) is 0 Å². The molecule has 0 aromatic rings. The van der Waals surface area contributed by atoms with E-state index in [0.717, 1.165) is 56.9 Å². The molecule has 5 aliphatic rings. The fourth-order valence-electron chi connectivity index (χ4n) is 8.69. The van der Waals surface area contributed by atoms with Gasteiger partial charge in [0.25, 0.3) is 0 Å². The summed E-state index contributed by atoms with van der Waals surface area (Å²) < 4.78 is 17.1. The smallest absolute Gasteiger partial charge is 0.331 e. The molecule has 0 aromatic heterocycles. The van der Waals surface area contributed by atoms with Crippen molar-refractivity contribution in [3.05, 3.63) is 11.6 Å². The monoisotopic (exact) mass is 507 g/mol. The third-order valence-electron chi connectivity index (χ3n) is 11.2. The number of esters is 1. The number of ether oxygens (including phenoxy) is 3. The molecule has 5 rings (SSSR count). The number of aliphatic hydroxyl groups is 3. The van der Waals surface area contributed by atoms with Gasteiger partial charge in [0.15, 0.2) is 6.29 Å². The van der Waals surface area contributed by atoms with Gasteiger partial charge in [-0.15, -0.1) is 0 Å². The first-order valence-electron chi connectivity index (χ1n) is 13.9. The summed E-state index contributed by atoms with van der Waals surface area (Å²) in [7, 11) is 0. The van der Waals surface area contributed by atoms with E-state index in [1.54, 1.807) is 13.0 Å². The number of cyclic esters (lactones) is 1. The van der Waals surface area contributed by atoms with Gasteiger partial charge in [-0.3, -0.25) is 0 Å². The summed E-state index contributed by atoms with van der Waals surface area (Å²) in [6.45, 7) is 8.99. The molecule has 0 amide bonds. The van der Waals surface area contributed by atoms with Crippen LogP contribution < -0.4 is 5.73 Å². The third kappa shape index (κ3) is 4.07. The van der Waals surface area contributed by atoms with Crippen LogP contribution in [0, 0.1) is 28.6 Å². The first-order valence-corrected chi connectivity index (χ1v) is 13.9. The summed E-state index contributed by atoms with van der Waals surface area (Å²) in [5.74, 6) is 0.502. The Bertz CT molecular complexity index is 885. The molecule has 3 saturated carbocycles. The Kier molecular flexibility index (Phi) is 6.87. The Balaban J connectivity index is 1.23. The number of rotatable bonds is 4. The van der Waals surface area contributed by atoms with Crippen LogP contribution in [0.1, 0.15) is 79.1 Å². The number of carbonyl (C=O) groups excluding carboxylic acids is 1. The molecule has 10 atom stereocenters. The Labute approximate surface area is 214 Å². The lowest BCUT2D eigenvalue weighted by molar-refractivity contribution is -0.287. The first kappa shape index (κ1) is 26.6. The molecular formula is C28H45NO7. The maximum atomic E-state index is 12.2. The zero-order valence-corrected chi connectivity index (χ0v) is 22.2. The third-order valence-corrected chi connectivity index (χ3v) is 11.2. The average Bonchev–Trinajstić information content (AvgIpc) is 3.38. The van der Waals surface area contributed by atoms with Crippen LogP contribution in [-0.4, -0.2) is 70.2 Å². The van der Waals surface area contributed by atoms with Crippen molar-refractivity contribution in [2.24, 2.45) is 34.3 Å². The first-order chi connectivity index (χ1) is 16.9. The molecule has 36 heavy (non-hydrogen) atoms. The van der Waals surface area contributed by atoms with Gasteiger partial charge in [-0.05, 0) is 87.0 Å². The van der Waals surface area contributed by atoms with Crippen LogP contribution in [0.5, 0.6) is 0 Å². The molecule has 2 heterocycles. The Hall–Kier alpha value is -1.03. The molecule has 0 bridgehead atoms. The number of aliphatic hydroxyl groups excluding tert-OH is 2. The summed E-state index contributed by atoms with van der Waals surface area (Å²) >= 11 is 0. The highest BCUT2D eigenvalue weighted by Gasteiger charge is 2.64. The van der Waals surface area contributed by atoms with Crippen molar-refractivity contribution in [1.82, 2.24) is 0 Å². The Morgan fingerprint density at radius 1 is 1.03 bits per heavy atom. The van der Waals surface area contributed by atoms with E-state index in [-0.39, 0.29) is 40.8 Å². The van der Waals surface area contributed by atoms with Crippen molar-refractivity contribution in [2.75, 3.05) is 6.61 Å². The molecular weight excluding hydrogens is 462 g/mol. The van der Waals surface area contributed by atoms with Crippen LogP contribution in [0.15, 0.2) is 11.6 Å². The van der Waals surface area contributed by atoms with Crippen molar-refractivity contribution in [2.45, 2.75) is 121 Å². The predicted octanol–water partition coefficient (Wildman–Crippen LogP) is 2.42. The molecule has 8 heteroatoms. The van der Waals surface area contributed by atoms with Gasteiger partial charge in [0.05, 0.1) is 23.9 Å². The van der Waals surface area contributed by atoms with Crippen molar-refractivity contribution >= 4 is 5.97 Å². The lowest BCUT2D eigenvalue weighted by Gasteiger charge is -2.58. The molecule has 4 fully saturated rings. The van der Waals surface area contributed by atoms with Crippen LogP contribution in [0.2, 0.25) is 0 Å². The summed E-state index contributed by atoms with van der Waals surface area (Å²) in [5, 5.41) is 32.8. The van der Waals surface area contributed by atoms with E-state index in [4.69, 9.17) is 19.9 Å². The highest BCUT2D eigenvalue weighted by Crippen LogP contribution is 2.66. The number of fused-ring (bicyclic) bond motifs is 1. The van der Waals surface area contributed by atoms with E-state index in [1.165, 1.54) is 0 Å². The minimum atomic E-state index is -1.15. The van der Waals surface area contributed by atoms with E-state index >= 15 is 0 Å². The summed E-state index contributed by atoms with van der Waals surface area (Å²) in [4.78, 5) is 11.7. The maximum absolute atomic E-state index is 12.2. The number of carbonyl (C=O) groups is 1. The number of hydrogen-bond acceptors (Lipinski definition) is 8. The van der Waals surface area contributed by atoms with E-state index in [9.17, 15) is 20.1 Å². The van der Waals surface area contributed by atoms with Gasteiger partial charge in [-0.1, -0.05) is 20.8 Å². The lowest BCUT2D eigenvalue weighted by Crippen LogP contribution is -2.61. The molecule has 5 N–H and O–H groups in total. The van der Waals surface area contributed by atoms with E-state index in [2.05, 4.69) is 20.8 Å². The van der Waals surface area contributed by atoms with E-state index in [0.29, 0.717) is 12.5 Å². The minimum absolute atomic E-state index is 0.0404. The molecule has 3 aliphatic carbocycles. The van der Waals surface area contributed by atoms with Gasteiger partial charge >= 0.3 is 5.97 Å². The zero-order valence-electron chi connectivity index (χ0n) is 22.2. The maximum Gasteiger partial charge on any atom is 0.331 e. The van der Waals surface area contributed by atoms with Crippen LogP contribution in [-0.2, 0) is 19.0 Å². The highest BCUT2D eigenvalue weighted by atomic mass is 16.7. The van der Waals surface area contributed by atoms with Gasteiger partial charge in [-0.2, -0.15) is 0 Å². The molecule has 0 radical (unpaired) electrons.